The van der Waals surface area contributed by atoms with Crippen molar-refractivity contribution in [3.05, 3.63) is 89.3 Å². The van der Waals surface area contributed by atoms with E-state index < -0.39 is 11.6 Å². The van der Waals surface area contributed by atoms with Crippen molar-refractivity contribution in [2.45, 2.75) is 47.0 Å². The molecule has 0 aliphatic carbocycles. The quantitative estimate of drug-likeness (QED) is 0.428. The number of nitrogens with zero attached hydrogens (tertiary/aromatic N) is 2. The molecule has 1 fully saturated rings. The summed E-state index contributed by atoms with van der Waals surface area (Å²) < 4.78 is 26.3. The Balaban J connectivity index is 0.00000114. The van der Waals surface area contributed by atoms with E-state index in [1.54, 1.807) is 6.07 Å². The number of allylic oxidation sites excluding steroid dienone is 1. The zero-order valence-corrected chi connectivity index (χ0v) is 21.8. The third-order valence-electron chi connectivity index (χ3n) is 5.82. The molecule has 3 nitrogen and oxygen atoms in total. The largest absolute Gasteiger partial charge is 0.383 e. The third-order valence-corrected chi connectivity index (χ3v) is 5.82. The highest BCUT2D eigenvalue weighted by Gasteiger charge is 2.18. The third kappa shape index (κ3) is 9.86. The number of hydrogen-bond donors (Lipinski definition) is 1. The molecule has 2 aromatic carbocycles. The van der Waals surface area contributed by atoms with Gasteiger partial charge in [-0.25, -0.2) is 8.78 Å². The van der Waals surface area contributed by atoms with Crippen molar-refractivity contribution in [3.8, 4) is 12.8 Å². The van der Waals surface area contributed by atoms with Crippen molar-refractivity contribution in [2.24, 2.45) is 0 Å². The van der Waals surface area contributed by atoms with Crippen LogP contribution in [0.5, 0.6) is 0 Å². The zero-order chi connectivity index (χ0) is 26.4. The molecule has 5 heteroatoms. The first-order valence-corrected chi connectivity index (χ1v) is 12.2. The van der Waals surface area contributed by atoms with Crippen LogP contribution < -0.4 is 10.2 Å². The second-order valence-corrected chi connectivity index (χ2v) is 8.72. The van der Waals surface area contributed by atoms with Gasteiger partial charge in [-0.2, -0.15) is 0 Å². The monoisotopic (exact) mass is 481 g/mol. The number of rotatable bonds is 8. The fraction of sp³-hybridized carbons (Fsp3) is 0.400. The van der Waals surface area contributed by atoms with Crippen LogP contribution in [0.4, 0.5) is 14.5 Å². The maximum atomic E-state index is 13.3. The van der Waals surface area contributed by atoms with E-state index in [1.165, 1.54) is 35.4 Å². The van der Waals surface area contributed by atoms with Gasteiger partial charge in [-0.15, -0.1) is 12.8 Å². The lowest BCUT2D eigenvalue weighted by molar-refractivity contribution is 0.315. The minimum Gasteiger partial charge on any atom is -0.383 e. The molecule has 0 amide bonds. The number of aryl methyl sites for hydroxylation is 3. The van der Waals surface area contributed by atoms with E-state index in [2.05, 4.69) is 87.0 Å². The molecular weight excluding hydrogens is 440 g/mol. The Bertz CT molecular complexity index is 973. The minimum absolute atomic E-state index is 0.615. The number of nitrogens with one attached hydrogen (secondary N) is 1. The Hall–Kier alpha value is -3.26. The summed E-state index contributed by atoms with van der Waals surface area (Å²) in [7, 11) is 0. The molecule has 0 aromatic heterocycles. The van der Waals surface area contributed by atoms with Gasteiger partial charge in [0.15, 0.2) is 11.6 Å². The van der Waals surface area contributed by atoms with E-state index in [-0.39, 0.29) is 0 Å². The van der Waals surface area contributed by atoms with Crippen LogP contribution in [-0.2, 0) is 6.42 Å². The van der Waals surface area contributed by atoms with Gasteiger partial charge in [-0.05, 0) is 67.6 Å². The standard InChI is InChI=1S/C25H31F2N3.C3H8.C2H2/c1-18-5-9-23(15-19(18)2)30-13-11-29(12-14-30)21(4)17-28-20(3)6-7-22-8-10-24(26)25(27)16-22;1-3-2;1-2/h5,8-10,15-16,28H,3-4,6-7,11-14,17H2,1-2H3;3H2,1-2H3;1-2H. The highest BCUT2D eigenvalue weighted by molar-refractivity contribution is 5.51. The zero-order valence-electron chi connectivity index (χ0n) is 21.8. The average molecular weight is 482 g/mol. The summed E-state index contributed by atoms with van der Waals surface area (Å²) in [6.07, 6.45) is 10.5. The maximum absolute atomic E-state index is 13.3. The second-order valence-electron chi connectivity index (χ2n) is 8.72. The Morgan fingerprint density at radius 3 is 2.11 bits per heavy atom. The first-order chi connectivity index (χ1) is 16.7. The molecule has 190 valence electrons. The first kappa shape index (κ1) is 29.8. The van der Waals surface area contributed by atoms with Crippen LogP contribution in [0.2, 0.25) is 0 Å². The topological polar surface area (TPSA) is 18.5 Å². The molecule has 35 heavy (non-hydrogen) atoms. The van der Waals surface area contributed by atoms with Crippen LogP contribution in [0.1, 0.15) is 43.4 Å². The Labute approximate surface area is 211 Å². The van der Waals surface area contributed by atoms with Crippen LogP contribution in [0.15, 0.2) is 61.0 Å². The molecule has 3 rings (SSSR count). The normalized spacial score (nSPS) is 12.6. The van der Waals surface area contributed by atoms with E-state index >= 15 is 0 Å². The van der Waals surface area contributed by atoms with Gasteiger partial charge in [0.2, 0.25) is 0 Å². The summed E-state index contributed by atoms with van der Waals surface area (Å²) in [6.45, 7) is 21.3. The van der Waals surface area contributed by atoms with Gasteiger partial charge in [-0.1, -0.05) is 45.6 Å². The molecule has 0 bridgehead atoms. The SMILES string of the molecule is C#C.C=C(CCc1ccc(F)c(F)c1)NCC(=C)N1CCN(c2ccc(C)c(C)c2)CC1.CCC. The molecule has 1 N–H and O–H groups in total. The van der Waals surface area contributed by atoms with E-state index in [4.69, 9.17) is 0 Å². The molecule has 1 saturated heterocycles. The molecule has 1 heterocycles. The van der Waals surface area contributed by atoms with E-state index in [0.29, 0.717) is 19.4 Å². The van der Waals surface area contributed by atoms with Crippen molar-refractivity contribution >= 4 is 5.69 Å². The fourth-order valence-electron chi connectivity index (χ4n) is 3.62. The molecule has 0 spiro atoms. The van der Waals surface area contributed by atoms with Crippen molar-refractivity contribution in [3.63, 3.8) is 0 Å². The van der Waals surface area contributed by atoms with Crippen molar-refractivity contribution in [1.29, 1.82) is 0 Å². The lowest BCUT2D eigenvalue weighted by atomic mass is 10.1. The Morgan fingerprint density at radius 2 is 1.54 bits per heavy atom. The smallest absolute Gasteiger partial charge is 0.159 e. The number of anilines is 1. The molecule has 2 aromatic rings. The van der Waals surface area contributed by atoms with E-state index in [9.17, 15) is 8.78 Å². The predicted molar refractivity (Wildman–Crippen MR) is 147 cm³/mol. The van der Waals surface area contributed by atoms with Crippen LogP contribution >= 0.6 is 0 Å². The Morgan fingerprint density at radius 1 is 0.914 bits per heavy atom. The molecule has 0 saturated carbocycles. The lowest BCUT2D eigenvalue weighted by Gasteiger charge is -2.38. The van der Waals surface area contributed by atoms with Gasteiger partial charge in [0.25, 0.3) is 0 Å². The molecule has 1 aliphatic heterocycles. The summed E-state index contributed by atoms with van der Waals surface area (Å²) in [5, 5.41) is 3.32. The Kier molecular flexibility index (Phi) is 13.3. The van der Waals surface area contributed by atoms with Crippen LogP contribution in [-0.4, -0.2) is 37.6 Å². The summed E-state index contributed by atoms with van der Waals surface area (Å²) in [4.78, 5) is 4.73. The van der Waals surface area contributed by atoms with Gasteiger partial charge in [-0.3, -0.25) is 0 Å². The summed E-state index contributed by atoms with van der Waals surface area (Å²) >= 11 is 0. The summed E-state index contributed by atoms with van der Waals surface area (Å²) in [5.74, 6) is -1.62. The van der Waals surface area contributed by atoms with Crippen molar-refractivity contribution in [1.82, 2.24) is 10.2 Å². The average Bonchev–Trinajstić information content (AvgIpc) is 2.86. The fourth-order valence-corrected chi connectivity index (χ4v) is 3.62. The van der Waals surface area contributed by atoms with Crippen LogP contribution in [0.25, 0.3) is 0 Å². The highest BCUT2D eigenvalue weighted by Crippen LogP contribution is 2.21. The molecule has 1 aliphatic rings. The van der Waals surface area contributed by atoms with Crippen molar-refractivity contribution < 1.29 is 8.78 Å². The molecular formula is C30H41F2N3. The van der Waals surface area contributed by atoms with Crippen LogP contribution in [0.3, 0.4) is 0 Å². The second kappa shape index (κ2) is 15.6. The number of terminal acetylenes is 1. The molecule has 0 unspecified atom stereocenters. The van der Waals surface area contributed by atoms with E-state index in [1.807, 2.05) is 0 Å². The van der Waals surface area contributed by atoms with Crippen molar-refractivity contribution in [2.75, 3.05) is 37.6 Å². The summed E-state index contributed by atoms with van der Waals surface area (Å²) in [6, 6.07) is 10.7. The lowest BCUT2D eigenvalue weighted by Crippen LogP contribution is -2.47. The van der Waals surface area contributed by atoms with Crippen LogP contribution in [0, 0.1) is 38.3 Å². The molecule has 0 radical (unpaired) electrons. The maximum Gasteiger partial charge on any atom is 0.159 e. The number of halogens is 2. The predicted octanol–water partition coefficient (Wildman–Crippen LogP) is 6.62. The molecule has 0 atom stereocenters. The van der Waals surface area contributed by atoms with Gasteiger partial charge in [0, 0.05) is 43.3 Å². The number of hydrogen-bond acceptors (Lipinski definition) is 3. The van der Waals surface area contributed by atoms with Gasteiger partial charge in [0.05, 0.1) is 6.54 Å². The minimum atomic E-state index is -0.815. The number of benzene rings is 2. The van der Waals surface area contributed by atoms with Gasteiger partial charge >= 0.3 is 0 Å². The first-order valence-electron chi connectivity index (χ1n) is 12.2. The van der Waals surface area contributed by atoms with Gasteiger partial charge < -0.3 is 15.1 Å². The number of piperazine rings is 1. The van der Waals surface area contributed by atoms with E-state index in [0.717, 1.165) is 43.1 Å². The highest BCUT2D eigenvalue weighted by atomic mass is 19.2. The summed E-state index contributed by atoms with van der Waals surface area (Å²) in [5.41, 5.74) is 6.61. The van der Waals surface area contributed by atoms with Gasteiger partial charge in [0.1, 0.15) is 0 Å².